The molecule has 0 radical (unpaired) electrons. The Labute approximate surface area is 149 Å². The van der Waals surface area contributed by atoms with Gasteiger partial charge in [0, 0.05) is 25.3 Å². The first-order valence-corrected chi connectivity index (χ1v) is 9.19. The number of nitrogens with one attached hydrogen (secondary N) is 1. The second kappa shape index (κ2) is 8.60. The minimum absolute atomic E-state index is 0.0914. The second-order valence-electron chi connectivity index (χ2n) is 6.55. The zero-order valence-corrected chi connectivity index (χ0v) is 14.8. The van der Waals surface area contributed by atoms with Crippen molar-refractivity contribution in [3.63, 3.8) is 0 Å². The molecular weight excluding hydrogens is 312 g/mol. The van der Waals surface area contributed by atoms with Gasteiger partial charge in [-0.05, 0) is 31.4 Å². The molecule has 1 amide bonds. The third-order valence-electron chi connectivity index (χ3n) is 4.70. The highest BCUT2D eigenvalue weighted by molar-refractivity contribution is 5.92. The monoisotopic (exact) mass is 338 g/mol. The van der Waals surface area contributed by atoms with Crippen LogP contribution in [0.4, 0.5) is 5.95 Å². The van der Waals surface area contributed by atoms with E-state index in [2.05, 4.69) is 39.2 Å². The number of rotatable bonds is 6. The van der Waals surface area contributed by atoms with E-state index >= 15 is 0 Å². The van der Waals surface area contributed by atoms with Crippen LogP contribution in [0.3, 0.4) is 0 Å². The Morgan fingerprint density at radius 1 is 1.16 bits per heavy atom. The van der Waals surface area contributed by atoms with Crippen molar-refractivity contribution < 1.29 is 4.79 Å². The predicted molar refractivity (Wildman–Crippen MR) is 99.5 cm³/mol. The summed E-state index contributed by atoms with van der Waals surface area (Å²) in [4.78, 5) is 23.5. The molecule has 2 aromatic rings. The van der Waals surface area contributed by atoms with Gasteiger partial charge in [0.15, 0.2) is 0 Å². The molecule has 5 nitrogen and oxygen atoms in total. The average molecular weight is 338 g/mol. The summed E-state index contributed by atoms with van der Waals surface area (Å²) in [6.07, 6.45) is 7.47. The quantitative estimate of drug-likeness (QED) is 0.875. The summed E-state index contributed by atoms with van der Waals surface area (Å²) in [6.45, 7) is 3.58. The SMILES string of the molecule is CCN(Cc1ccccc1)c1nccc(C(=O)NC2CCCCC2)n1. The van der Waals surface area contributed by atoms with Crippen LogP contribution >= 0.6 is 0 Å². The van der Waals surface area contributed by atoms with Crippen molar-refractivity contribution in [2.24, 2.45) is 0 Å². The molecule has 0 spiro atoms. The van der Waals surface area contributed by atoms with Crippen molar-refractivity contribution in [1.82, 2.24) is 15.3 Å². The highest BCUT2D eigenvalue weighted by atomic mass is 16.1. The lowest BCUT2D eigenvalue weighted by Gasteiger charge is -2.23. The van der Waals surface area contributed by atoms with Gasteiger partial charge in [-0.3, -0.25) is 4.79 Å². The lowest BCUT2D eigenvalue weighted by Crippen LogP contribution is -2.37. The fourth-order valence-corrected chi connectivity index (χ4v) is 3.26. The topological polar surface area (TPSA) is 58.1 Å². The minimum Gasteiger partial charge on any atom is -0.348 e. The van der Waals surface area contributed by atoms with Crippen LogP contribution in [0.1, 0.15) is 55.1 Å². The summed E-state index contributed by atoms with van der Waals surface area (Å²) in [5, 5.41) is 3.12. The molecule has 0 saturated heterocycles. The summed E-state index contributed by atoms with van der Waals surface area (Å²) >= 11 is 0. The standard InChI is InChI=1S/C20H26N4O/c1-2-24(15-16-9-5-3-6-10-16)20-21-14-13-18(23-20)19(25)22-17-11-7-4-8-12-17/h3,5-6,9-10,13-14,17H,2,4,7-8,11-12,15H2,1H3,(H,22,25). The molecule has 1 saturated carbocycles. The number of hydrogen-bond donors (Lipinski definition) is 1. The maximum atomic E-state index is 12.5. The summed E-state index contributed by atoms with van der Waals surface area (Å²) in [7, 11) is 0. The number of hydrogen-bond acceptors (Lipinski definition) is 4. The van der Waals surface area contributed by atoms with Crippen LogP contribution in [0.5, 0.6) is 0 Å². The van der Waals surface area contributed by atoms with E-state index in [9.17, 15) is 4.79 Å². The average Bonchev–Trinajstić information content (AvgIpc) is 2.68. The molecule has 0 aliphatic heterocycles. The zero-order valence-electron chi connectivity index (χ0n) is 14.8. The first kappa shape index (κ1) is 17.4. The van der Waals surface area contributed by atoms with Crippen molar-refractivity contribution in [3.05, 3.63) is 53.9 Å². The van der Waals surface area contributed by atoms with Crippen molar-refractivity contribution >= 4 is 11.9 Å². The fraction of sp³-hybridized carbons (Fsp3) is 0.450. The zero-order chi connectivity index (χ0) is 17.5. The number of nitrogens with zero attached hydrogens (tertiary/aromatic N) is 3. The molecule has 5 heteroatoms. The Bertz CT molecular complexity index is 683. The van der Waals surface area contributed by atoms with Crippen molar-refractivity contribution in [1.29, 1.82) is 0 Å². The first-order chi connectivity index (χ1) is 12.3. The molecule has 0 bridgehead atoms. The summed E-state index contributed by atoms with van der Waals surface area (Å²) < 4.78 is 0. The van der Waals surface area contributed by atoms with Gasteiger partial charge in [0.05, 0.1) is 0 Å². The summed E-state index contributed by atoms with van der Waals surface area (Å²) in [5.41, 5.74) is 1.65. The van der Waals surface area contributed by atoms with E-state index in [1.54, 1.807) is 12.3 Å². The van der Waals surface area contributed by atoms with Crippen LogP contribution in [0, 0.1) is 0 Å². The molecule has 1 aliphatic rings. The van der Waals surface area contributed by atoms with Crippen LogP contribution in [-0.2, 0) is 6.54 Å². The Hall–Kier alpha value is -2.43. The van der Waals surface area contributed by atoms with Gasteiger partial charge in [0.2, 0.25) is 5.95 Å². The molecule has 1 N–H and O–H groups in total. The molecule has 1 aromatic carbocycles. The van der Waals surface area contributed by atoms with Crippen LogP contribution in [-0.4, -0.2) is 28.5 Å². The van der Waals surface area contributed by atoms with Crippen molar-refractivity contribution in [3.8, 4) is 0 Å². The van der Waals surface area contributed by atoms with E-state index in [-0.39, 0.29) is 11.9 Å². The Balaban J connectivity index is 1.69. The number of carbonyl (C=O) groups is 1. The van der Waals surface area contributed by atoms with Gasteiger partial charge in [0.1, 0.15) is 5.69 Å². The summed E-state index contributed by atoms with van der Waals surface area (Å²) in [5.74, 6) is 0.508. The molecule has 132 valence electrons. The lowest BCUT2D eigenvalue weighted by molar-refractivity contribution is 0.0922. The van der Waals surface area contributed by atoms with Gasteiger partial charge in [-0.1, -0.05) is 49.6 Å². The van der Waals surface area contributed by atoms with E-state index in [1.165, 1.54) is 24.8 Å². The van der Waals surface area contributed by atoms with E-state index < -0.39 is 0 Å². The number of aromatic nitrogens is 2. The highest BCUT2D eigenvalue weighted by Crippen LogP contribution is 2.18. The molecule has 1 heterocycles. The Morgan fingerprint density at radius 2 is 1.92 bits per heavy atom. The Morgan fingerprint density at radius 3 is 2.64 bits per heavy atom. The number of anilines is 1. The maximum absolute atomic E-state index is 12.5. The normalized spacial score (nSPS) is 14.9. The smallest absolute Gasteiger partial charge is 0.270 e. The molecule has 3 rings (SSSR count). The lowest BCUT2D eigenvalue weighted by atomic mass is 9.95. The Kier molecular flexibility index (Phi) is 5.99. The van der Waals surface area contributed by atoms with Crippen molar-refractivity contribution in [2.45, 2.75) is 51.6 Å². The molecule has 0 unspecified atom stereocenters. The second-order valence-corrected chi connectivity index (χ2v) is 6.55. The molecule has 0 atom stereocenters. The maximum Gasteiger partial charge on any atom is 0.270 e. The van der Waals surface area contributed by atoms with Crippen LogP contribution < -0.4 is 10.2 Å². The largest absolute Gasteiger partial charge is 0.348 e. The fourth-order valence-electron chi connectivity index (χ4n) is 3.26. The molecular formula is C20H26N4O. The van der Waals surface area contributed by atoms with E-state index in [0.29, 0.717) is 11.6 Å². The van der Waals surface area contributed by atoms with Gasteiger partial charge >= 0.3 is 0 Å². The number of benzene rings is 1. The van der Waals surface area contributed by atoms with Crippen LogP contribution in [0.2, 0.25) is 0 Å². The van der Waals surface area contributed by atoms with Crippen LogP contribution in [0.15, 0.2) is 42.6 Å². The van der Waals surface area contributed by atoms with Crippen LogP contribution in [0.25, 0.3) is 0 Å². The minimum atomic E-state index is -0.0914. The molecule has 25 heavy (non-hydrogen) atoms. The third kappa shape index (κ3) is 4.78. The van der Waals surface area contributed by atoms with Gasteiger partial charge in [-0.15, -0.1) is 0 Å². The molecule has 1 aromatic heterocycles. The summed E-state index contributed by atoms with van der Waals surface area (Å²) in [6, 6.07) is 12.2. The molecule has 1 aliphatic carbocycles. The highest BCUT2D eigenvalue weighted by Gasteiger charge is 2.18. The number of amides is 1. The molecule has 1 fully saturated rings. The third-order valence-corrected chi connectivity index (χ3v) is 4.70. The van der Waals surface area contributed by atoms with E-state index in [0.717, 1.165) is 25.9 Å². The van der Waals surface area contributed by atoms with E-state index in [1.807, 2.05) is 18.2 Å². The van der Waals surface area contributed by atoms with Gasteiger partial charge in [0.25, 0.3) is 5.91 Å². The predicted octanol–water partition coefficient (Wildman–Crippen LogP) is 3.57. The van der Waals surface area contributed by atoms with Gasteiger partial charge < -0.3 is 10.2 Å². The van der Waals surface area contributed by atoms with Gasteiger partial charge in [-0.25, -0.2) is 9.97 Å². The number of carbonyl (C=O) groups excluding carboxylic acids is 1. The van der Waals surface area contributed by atoms with Gasteiger partial charge in [-0.2, -0.15) is 0 Å². The van der Waals surface area contributed by atoms with E-state index in [4.69, 9.17) is 0 Å². The van der Waals surface area contributed by atoms with Crippen molar-refractivity contribution in [2.75, 3.05) is 11.4 Å². The first-order valence-electron chi connectivity index (χ1n) is 9.19.